The number of para-hydroxylation sites is 1. The molecule has 0 bridgehead atoms. The second-order valence-electron chi connectivity index (χ2n) is 5.75. The largest absolute Gasteiger partial charge is 0.375 e. The molecule has 1 amide bonds. The summed E-state index contributed by atoms with van der Waals surface area (Å²) in [5.41, 5.74) is 6.32. The topological polar surface area (TPSA) is 74.5 Å². The number of piperazine rings is 1. The number of carbonyl (C=O) groups excluding carboxylic acids is 1. The average Bonchev–Trinajstić information content (AvgIpc) is 2.96. The highest BCUT2D eigenvalue weighted by atomic mass is 35.5. The number of nitrogens with one attached hydrogen (secondary N) is 1. The van der Waals surface area contributed by atoms with Gasteiger partial charge in [0, 0.05) is 43.8 Å². The Morgan fingerprint density at radius 3 is 2.56 bits per heavy atom. The van der Waals surface area contributed by atoms with Gasteiger partial charge in [-0.1, -0.05) is 23.7 Å². The van der Waals surface area contributed by atoms with Crippen molar-refractivity contribution in [3.05, 3.63) is 40.4 Å². The summed E-state index contributed by atoms with van der Waals surface area (Å²) in [6.45, 7) is 4.84. The zero-order chi connectivity index (χ0) is 16.9. The summed E-state index contributed by atoms with van der Waals surface area (Å²) in [7, 11) is 0. The van der Waals surface area contributed by atoms with Crippen molar-refractivity contribution in [1.29, 1.82) is 0 Å². The molecule has 1 aromatic carbocycles. The molecule has 0 saturated carbocycles. The molecule has 1 aromatic heterocycles. The van der Waals surface area contributed by atoms with Gasteiger partial charge in [-0.05, 0) is 12.1 Å². The molecule has 0 unspecified atom stereocenters. The number of nitrogens with two attached hydrogens (primary N) is 1. The maximum Gasteiger partial charge on any atom is 0.238 e. The van der Waals surface area contributed by atoms with Crippen molar-refractivity contribution in [2.24, 2.45) is 0 Å². The van der Waals surface area contributed by atoms with Gasteiger partial charge in [0.1, 0.15) is 0 Å². The van der Waals surface area contributed by atoms with Gasteiger partial charge >= 0.3 is 0 Å². The molecule has 136 valence electrons. The Hall–Kier alpha value is -1.38. The Labute approximate surface area is 162 Å². The van der Waals surface area contributed by atoms with E-state index in [1.165, 1.54) is 16.2 Å². The zero-order valence-electron chi connectivity index (χ0n) is 13.7. The second kappa shape index (κ2) is 9.35. The molecule has 3 rings (SSSR count). The number of hydrogen-bond acceptors (Lipinski definition) is 6. The van der Waals surface area contributed by atoms with Crippen molar-refractivity contribution in [2.75, 3.05) is 43.8 Å². The fourth-order valence-electron chi connectivity index (χ4n) is 2.68. The van der Waals surface area contributed by atoms with E-state index in [0.29, 0.717) is 22.4 Å². The van der Waals surface area contributed by atoms with Gasteiger partial charge in [0.25, 0.3) is 0 Å². The molecule has 0 spiro atoms. The van der Waals surface area contributed by atoms with Crippen LogP contribution in [0.1, 0.15) is 4.88 Å². The van der Waals surface area contributed by atoms with Gasteiger partial charge in [-0.15, -0.1) is 23.7 Å². The van der Waals surface area contributed by atoms with Crippen LogP contribution in [0.4, 0.5) is 10.8 Å². The van der Waals surface area contributed by atoms with E-state index in [1.807, 2.05) is 18.3 Å². The number of carbonyl (C=O) groups is 1. The quantitative estimate of drug-likeness (QED) is 0.804. The highest BCUT2D eigenvalue weighted by Crippen LogP contribution is 2.20. The number of thiazole rings is 1. The zero-order valence-corrected chi connectivity index (χ0v) is 16.0. The minimum Gasteiger partial charge on any atom is -0.375 e. The first kappa shape index (κ1) is 19.9. The van der Waals surface area contributed by atoms with Gasteiger partial charge in [0.05, 0.1) is 17.3 Å². The van der Waals surface area contributed by atoms with Gasteiger partial charge in [-0.3, -0.25) is 14.6 Å². The number of nitrogen functional groups attached to an aromatic ring is 1. The smallest absolute Gasteiger partial charge is 0.238 e. The number of rotatable bonds is 5. The highest BCUT2D eigenvalue weighted by molar-refractivity contribution is 7.15. The molecule has 2 heterocycles. The molecule has 2 aromatic rings. The van der Waals surface area contributed by atoms with Crippen molar-refractivity contribution < 1.29 is 4.79 Å². The lowest BCUT2D eigenvalue weighted by Crippen LogP contribution is -2.48. The van der Waals surface area contributed by atoms with Crippen LogP contribution in [0.5, 0.6) is 0 Å². The maximum atomic E-state index is 12.2. The van der Waals surface area contributed by atoms with Crippen LogP contribution in [0.15, 0.2) is 30.5 Å². The normalized spacial score (nSPS) is 15.6. The van der Waals surface area contributed by atoms with Crippen molar-refractivity contribution in [2.45, 2.75) is 6.54 Å². The molecule has 0 atom stereocenters. The molecular formula is C16H21Cl2N5OS. The first-order valence-corrected chi connectivity index (χ1v) is 8.99. The van der Waals surface area contributed by atoms with E-state index >= 15 is 0 Å². The standard InChI is InChI=1S/C16H20ClN5OS.ClH/c17-13-3-1-2-4-14(13)20-15(23)11-22-7-5-21(6-8-22)10-12-9-19-16(18)24-12;/h1-4,9H,5-8,10-11H2,(H2,18,19)(H,20,23);1H. The van der Waals surface area contributed by atoms with E-state index < -0.39 is 0 Å². The fraction of sp³-hybridized carbons (Fsp3) is 0.375. The third-order valence-electron chi connectivity index (χ3n) is 3.93. The first-order valence-electron chi connectivity index (χ1n) is 7.79. The predicted molar refractivity (Wildman–Crippen MR) is 106 cm³/mol. The molecule has 1 fully saturated rings. The summed E-state index contributed by atoms with van der Waals surface area (Å²) in [4.78, 5) is 21.9. The van der Waals surface area contributed by atoms with Crippen LogP contribution in [-0.4, -0.2) is 53.4 Å². The van der Waals surface area contributed by atoms with Gasteiger partial charge in [0.2, 0.25) is 5.91 Å². The summed E-state index contributed by atoms with van der Waals surface area (Å²) < 4.78 is 0. The summed E-state index contributed by atoms with van der Waals surface area (Å²) in [5, 5.41) is 4.03. The molecule has 1 aliphatic rings. The second-order valence-corrected chi connectivity index (χ2v) is 7.30. The van der Waals surface area contributed by atoms with Crippen molar-refractivity contribution >= 4 is 52.1 Å². The first-order chi connectivity index (χ1) is 11.6. The lowest BCUT2D eigenvalue weighted by Gasteiger charge is -2.33. The number of aromatic nitrogens is 1. The molecule has 6 nitrogen and oxygen atoms in total. The Morgan fingerprint density at radius 1 is 1.24 bits per heavy atom. The van der Waals surface area contributed by atoms with Gasteiger partial charge < -0.3 is 11.1 Å². The Kier molecular flexibility index (Phi) is 7.46. The van der Waals surface area contributed by atoms with E-state index in [-0.39, 0.29) is 18.3 Å². The lowest BCUT2D eigenvalue weighted by molar-refractivity contribution is -0.117. The Balaban J connectivity index is 0.00000225. The molecule has 0 radical (unpaired) electrons. The number of amides is 1. The number of hydrogen-bond donors (Lipinski definition) is 2. The number of anilines is 2. The molecule has 1 aliphatic heterocycles. The van der Waals surface area contributed by atoms with Crippen LogP contribution in [0.3, 0.4) is 0 Å². The lowest BCUT2D eigenvalue weighted by atomic mass is 10.3. The third kappa shape index (κ3) is 5.83. The van der Waals surface area contributed by atoms with Gasteiger partial charge in [0.15, 0.2) is 5.13 Å². The molecular weight excluding hydrogens is 381 g/mol. The number of halogens is 2. The van der Waals surface area contributed by atoms with Gasteiger partial charge in [-0.2, -0.15) is 0 Å². The summed E-state index contributed by atoms with van der Waals surface area (Å²) in [6, 6.07) is 7.27. The van der Waals surface area contributed by atoms with E-state index in [9.17, 15) is 4.79 Å². The van der Waals surface area contributed by atoms with E-state index in [2.05, 4.69) is 20.1 Å². The van der Waals surface area contributed by atoms with Crippen LogP contribution in [-0.2, 0) is 11.3 Å². The number of nitrogens with zero attached hydrogens (tertiary/aromatic N) is 3. The SMILES string of the molecule is Cl.Nc1ncc(CN2CCN(CC(=O)Nc3ccccc3Cl)CC2)s1. The Morgan fingerprint density at radius 2 is 1.92 bits per heavy atom. The average molecular weight is 402 g/mol. The van der Waals surface area contributed by atoms with Crippen molar-refractivity contribution in [1.82, 2.24) is 14.8 Å². The maximum absolute atomic E-state index is 12.2. The van der Waals surface area contributed by atoms with Crippen LogP contribution in [0.2, 0.25) is 5.02 Å². The number of benzene rings is 1. The summed E-state index contributed by atoms with van der Waals surface area (Å²) in [6.07, 6.45) is 1.84. The van der Waals surface area contributed by atoms with E-state index in [0.717, 1.165) is 32.7 Å². The molecule has 1 saturated heterocycles. The van der Waals surface area contributed by atoms with Crippen molar-refractivity contribution in [3.8, 4) is 0 Å². The van der Waals surface area contributed by atoms with E-state index in [4.69, 9.17) is 17.3 Å². The monoisotopic (exact) mass is 401 g/mol. The summed E-state index contributed by atoms with van der Waals surface area (Å²) in [5.74, 6) is -0.0354. The molecule has 25 heavy (non-hydrogen) atoms. The third-order valence-corrected chi connectivity index (χ3v) is 5.07. The Bertz CT molecular complexity index is 703. The predicted octanol–water partition coefficient (Wildman–Crippen LogP) is 2.56. The van der Waals surface area contributed by atoms with Crippen molar-refractivity contribution in [3.63, 3.8) is 0 Å². The molecule has 0 aliphatic carbocycles. The highest BCUT2D eigenvalue weighted by Gasteiger charge is 2.19. The van der Waals surface area contributed by atoms with E-state index in [1.54, 1.807) is 12.1 Å². The minimum atomic E-state index is -0.0354. The minimum absolute atomic E-state index is 0. The van der Waals surface area contributed by atoms with Crippen LogP contribution in [0, 0.1) is 0 Å². The molecule has 3 N–H and O–H groups in total. The molecule has 9 heteroatoms. The summed E-state index contributed by atoms with van der Waals surface area (Å²) >= 11 is 7.59. The van der Waals surface area contributed by atoms with Crippen LogP contribution in [0.25, 0.3) is 0 Å². The van der Waals surface area contributed by atoms with Gasteiger partial charge in [-0.25, -0.2) is 4.98 Å². The van der Waals surface area contributed by atoms with Crippen LogP contribution < -0.4 is 11.1 Å². The van der Waals surface area contributed by atoms with Crippen LogP contribution >= 0.6 is 35.3 Å². The fourth-order valence-corrected chi connectivity index (χ4v) is 3.59.